The van der Waals surface area contributed by atoms with Crippen molar-refractivity contribution < 1.29 is 4.74 Å². The Hall–Kier alpha value is -2.74. The van der Waals surface area contributed by atoms with Crippen molar-refractivity contribution in [2.45, 2.75) is 19.9 Å². The highest BCUT2D eigenvalue weighted by Crippen LogP contribution is 2.20. The Morgan fingerprint density at radius 3 is 2.46 bits per heavy atom. The van der Waals surface area contributed by atoms with E-state index in [1.807, 2.05) is 18.2 Å². The Bertz CT molecular complexity index is 768. The molecule has 0 aliphatic carbocycles. The fraction of sp³-hybridized carbons (Fsp3) is 0.182. The van der Waals surface area contributed by atoms with Crippen molar-refractivity contribution in [3.8, 4) is 5.75 Å². The van der Waals surface area contributed by atoms with E-state index in [2.05, 4.69) is 72.9 Å². The normalized spacial score (nSPS) is 10.4. The van der Waals surface area contributed by atoms with Crippen LogP contribution in [0.15, 0.2) is 78.9 Å². The van der Waals surface area contributed by atoms with Gasteiger partial charge in [0.2, 0.25) is 0 Å². The third-order valence-corrected chi connectivity index (χ3v) is 3.96. The molecule has 0 bridgehead atoms. The monoisotopic (exact) mass is 317 g/mol. The van der Waals surface area contributed by atoms with Gasteiger partial charge in [-0.25, -0.2) is 0 Å². The fourth-order valence-corrected chi connectivity index (χ4v) is 2.67. The van der Waals surface area contributed by atoms with Crippen LogP contribution in [0.25, 0.3) is 0 Å². The summed E-state index contributed by atoms with van der Waals surface area (Å²) in [5.41, 5.74) is 4.86. The molecule has 0 fully saturated rings. The van der Waals surface area contributed by atoms with Gasteiger partial charge in [0.05, 0.1) is 6.61 Å². The van der Waals surface area contributed by atoms with Crippen molar-refractivity contribution in [2.75, 3.05) is 11.9 Å². The zero-order valence-electron chi connectivity index (χ0n) is 14.0. The average Bonchev–Trinajstić information content (AvgIpc) is 2.62. The van der Waals surface area contributed by atoms with Crippen LogP contribution in [0.4, 0.5) is 5.69 Å². The van der Waals surface area contributed by atoms with Gasteiger partial charge in [-0.05, 0) is 36.2 Å². The molecule has 0 spiro atoms. The zero-order valence-corrected chi connectivity index (χ0v) is 14.0. The molecule has 2 nitrogen and oxygen atoms in total. The summed E-state index contributed by atoms with van der Waals surface area (Å²) in [6.45, 7) is 3.54. The van der Waals surface area contributed by atoms with E-state index in [-0.39, 0.29) is 0 Å². The Labute approximate surface area is 144 Å². The molecule has 2 heteroatoms. The van der Waals surface area contributed by atoms with Gasteiger partial charge < -0.3 is 10.1 Å². The van der Waals surface area contributed by atoms with Crippen LogP contribution in [0.2, 0.25) is 0 Å². The lowest BCUT2D eigenvalue weighted by molar-refractivity contribution is 0.319. The summed E-state index contributed by atoms with van der Waals surface area (Å²) in [6, 6.07) is 27.1. The quantitative estimate of drug-likeness (QED) is 0.644. The third kappa shape index (κ3) is 4.63. The summed E-state index contributed by atoms with van der Waals surface area (Å²) in [7, 11) is 0. The van der Waals surface area contributed by atoms with Crippen LogP contribution in [0, 0.1) is 6.92 Å². The maximum absolute atomic E-state index is 6.01. The highest BCUT2D eigenvalue weighted by atomic mass is 16.5. The smallest absolute Gasteiger partial charge is 0.124 e. The molecule has 1 N–H and O–H groups in total. The van der Waals surface area contributed by atoms with E-state index >= 15 is 0 Å². The number of hydrogen-bond donors (Lipinski definition) is 1. The summed E-state index contributed by atoms with van der Waals surface area (Å²) in [5, 5.41) is 3.47. The van der Waals surface area contributed by atoms with Gasteiger partial charge in [-0.3, -0.25) is 0 Å². The van der Waals surface area contributed by atoms with Crippen LogP contribution in [-0.2, 0) is 13.0 Å². The molecule has 3 rings (SSSR count). The van der Waals surface area contributed by atoms with Crippen LogP contribution in [0.3, 0.4) is 0 Å². The third-order valence-electron chi connectivity index (χ3n) is 3.96. The van der Waals surface area contributed by atoms with E-state index < -0.39 is 0 Å². The highest BCUT2D eigenvalue weighted by Gasteiger charge is 2.03. The van der Waals surface area contributed by atoms with Gasteiger partial charge in [0.1, 0.15) is 5.75 Å². The lowest BCUT2D eigenvalue weighted by atomic mass is 10.1. The lowest BCUT2D eigenvalue weighted by Gasteiger charge is -2.13. The molecule has 0 aliphatic heterocycles. The fourth-order valence-electron chi connectivity index (χ4n) is 2.67. The second-order valence-corrected chi connectivity index (χ2v) is 5.91. The number of ether oxygens (including phenoxy) is 1. The molecular formula is C22H23NO. The average molecular weight is 317 g/mol. The number of nitrogens with one attached hydrogen (secondary N) is 1. The van der Waals surface area contributed by atoms with Crippen LogP contribution in [-0.4, -0.2) is 6.61 Å². The predicted octanol–water partition coefficient (Wildman–Crippen LogP) is 5.23. The second kappa shape index (κ2) is 8.21. The first-order chi connectivity index (χ1) is 11.8. The van der Waals surface area contributed by atoms with E-state index in [1.165, 1.54) is 16.7 Å². The Morgan fingerprint density at radius 1 is 0.833 bits per heavy atom. The minimum atomic E-state index is 0.686. The minimum absolute atomic E-state index is 0.686. The first-order valence-corrected chi connectivity index (χ1v) is 8.36. The standard InChI is InChI=1S/C22H23NO/c1-18-8-7-12-21(16-18)23-17-20-11-5-6-13-22(20)24-15-14-19-9-3-2-4-10-19/h2-13,16,23H,14-15,17H2,1H3. The molecule has 122 valence electrons. The second-order valence-electron chi connectivity index (χ2n) is 5.91. The maximum Gasteiger partial charge on any atom is 0.124 e. The summed E-state index contributed by atoms with van der Waals surface area (Å²) in [4.78, 5) is 0. The molecule has 0 aromatic heterocycles. The molecule has 0 unspecified atom stereocenters. The molecule has 0 aliphatic rings. The molecule has 3 aromatic carbocycles. The Balaban J connectivity index is 1.58. The number of hydrogen-bond acceptors (Lipinski definition) is 2. The van der Waals surface area contributed by atoms with Crippen molar-refractivity contribution in [3.63, 3.8) is 0 Å². The van der Waals surface area contributed by atoms with Crippen LogP contribution in [0.1, 0.15) is 16.7 Å². The van der Waals surface area contributed by atoms with Crippen molar-refractivity contribution >= 4 is 5.69 Å². The number of aryl methyl sites for hydroxylation is 1. The van der Waals surface area contributed by atoms with Crippen molar-refractivity contribution in [1.82, 2.24) is 0 Å². The van der Waals surface area contributed by atoms with Gasteiger partial charge in [-0.1, -0.05) is 60.7 Å². The maximum atomic E-state index is 6.01. The van der Waals surface area contributed by atoms with E-state index in [1.54, 1.807) is 0 Å². The molecule has 0 amide bonds. The molecule has 0 heterocycles. The van der Waals surface area contributed by atoms with Gasteiger partial charge in [0.15, 0.2) is 0 Å². The number of benzene rings is 3. The van der Waals surface area contributed by atoms with Crippen molar-refractivity contribution in [2.24, 2.45) is 0 Å². The molecule has 0 saturated heterocycles. The summed E-state index contributed by atoms with van der Waals surface area (Å²) < 4.78 is 6.01. The van der Waals surface area contributed by atoms with Gasteiger partial charge in [0.25, 0.3) is 0 Å². The lowest BCUT2D eigenvalue weighted by Crippen LogP contribution is -2.06. The van der Waals surface area contributed by atoms with Gasteiger partial charge in [-0.2, -0.15) is 0 Å². The molecule has 0 saturated carbocycles. The molecule has 3 aromatic rings. The summed E-state index contributed by atoms with van der Waals surface area (Å²) in [5.74, 6) is 0.952. The Morgan fingerprint density at radius 2 is 1.62 bits per heavy atom. The first-order valence-electron chi connectivity index (χ1n) is 8.36. The van der Waals surface area contributed by atoms with Gasteiger partial charge in [0, 0.05) is 24.2 Å². The molecule has 0 atom stereocenters. The topological polar surface area (TPSA) is 21.3 Å². The highest BCUT2D eigenvalue weighted by molar-refractivity contribution is 5.47. The van der Waals surface area contributed by atoms with Crippen LogP contribution in [0.5, 0.6) is 5.75 Å². The Kier molecular flexibility index (Phi) is 5.52. The summed E-state index contributed by atoms with van der Waals surface area (Å²) in [6.07, 6.45) is 0.917. The number of anilines is 1. The zero-order chi connectivity index (χ0) is 16.6. The first kappa shape index (κ1) is 16.1. The number of rotatable bonds is 7. The van der Waals surface area contributed by atoms with Gasteiger partial charge in [-0.15, -0.1) is 0 Å². The molecule has 24 heavy (non-hydrogen) atoms. The van der Waals surface area contributed by atoms with E-state index in [0.29, 0.717) is 6.61 Å². The van der Waals surface area contributed by atoms with Crippen molar-refractivity contribution in [1.29, 1.82) is 0 Å². The minimum Gasteiger partial charge on any atom is -0.493 e. The SMILES string of the molecule is Cc1cccc(NCc2ccccc2OCCc2ccccc2)c1. The van der Waals surface area contributed by atoms with E-state index in [9.17, 15) is 0 Å². The van der Waals surface area contributed by atoms with E-state index in [0.717, 1.165) is 24.4 Å². The predicted molar refractivity (Wildman–Crippen MR) is 101 cm³/mol. The van der Waals surface area contributed by atoms with Gasteiger partial charge >= 0.3 is 0 Å². The largest absolute Gasteiger partial charge is 0.493 e. The van der Waals surface area contributed by atoms with Crippen molar-refractivity contribution in [3.05, 3.63) is 95.6 Å². The van der Waals surface area contributed by atoms with Crippen LogP contribution < -0.4 is 10.1 Å². The summed E-state index contributed by atoms with van der Waals surface area (Å²) >= 11 is 0. The molecule has 0 radical (unpaired) electrons. The number of para-hydroxylation sites is 1. The molecular weight excluding hydrogens is 294 g/mol. The van der Waals surface area contributed by atoms with E-state index in [4.69, 9.17) is 4.74 Å². The van der Waals surface area contributed by atoms with Crippen LogP contribution >= 0.6 is 0 Å².